The van der Waals surface area contributed by atoms with E-state index < -0.39 is 48.0 Å². The van der Waals surface area contributed by atoms with E-state index in [9.17, 15) is 24.0 Å². The molecule has 0 radical (unpaired) electrons. The lowest BCUT2D eigenvalue weighted by Crippen LogP contribution is -2.29. The summed E-state index contributed by atoms with van der Waals surface area (Å²) in [6, 6.07) is -4.04. The van der Waals surface area contributed by atoms with Crippen molar-refractivity contribution in [1.29, 1.82) is 0 Å². The molecule has 2 rings (SSSR count). The van der Waals surface area contributed by atoms with Crippen molar-refractivity contribution in [3.05, 3.63) is 0 Å². The topological polar surface area (TPSA) is 328 Å². The maximum atomic E-state index is 12.3. The Hall–Kier alpha value is -5.83. The van der Waals surface area contributed by atoms with E-state index >= 15 is 0 Å². The first-order valence-electron chi connectivity index (χ1n) is 15.4. The number of carbonyl (C=O) groups is 5. The Morgan fingerprint density at radius 3 is 1.12 bits per heavy atom. The highest BCUT2D eigenvalue weighted by Gasteiger charge is 2.18. The molecule has 0 unspecified atom stereocenters. The predicted molar refractivity (Wildman–Crippen MR) is 176 cm³/mol. The summed E-state index contributed by atoms with van der Waals surface area (Å²) in [4.78, 5) is 81.6. The average Bonchev–Trinajstić information content (AvgIpc) is 3.02. The van der Waals surface area contributed by atoms with Crippen LogP contribution in [0.4, 0.5) is 35.7 Å². The molecule has 4 atom stereocenters. The van der Waals surface area contributed by atoms with Crippen LogP contribution >= 0.6 is 0 Å². The number of carbonyl (C=O) groups excluding carboxylic acids is 1. The molecule has 22 heteroatoms. The summed E-state index contributed by atoms with van der Waals surface area (Å²) in [5.74, 6) is -4.74. The van der Waals surface area contributed by atoms with Gasteiger partial charge in [-0.25, -0.2) is 0 Å². The van der Waals surface area contributed by atoms with Gasteiger partial charge >= 0.3 is 23.9 Å². The molecule has 0 saturated carbocycles. The number of nitrogens with one attached hydrogen (secondary N) is 7. The summed E-state index contributed by atoms with van der Waals surface area (Å²) in [7, 11) is 0. The number of hydrogen-bond donors (Lipinski definition) is 11. The van der Waals surface area contributed by atoms with E-state index in [0.29, 0.717) is 38.9 Å². The molecule has 270 valence electrons. The third-order valence-corrected chi connectivity index (χ3v) is 6.46. The standard InChI is InChI=1S/C27H43N13O9/c1-13(18(42)43)31-24-35-22(36-25(39-24)32-14(2)19(44)45)29-11-7-5-6-10-28-17(41)9-8-12-30-23-37-26(33-15(3)20(46)47)40-27(38-23)34-16(4)21(48)49/h13-16H,5-12H2,1-4H3,(H,28,41)(H,42,43)(H,44,45)(H,46,47)(H,48,49)(H3,29,31,32,35,36,39)(H3,30,33,34,37,38,40)/t13-,14-,15-,16-/m0/s1. The first-order valence-corrected chi connectivity index (χ1v) is 15.4. The molecule has 0 spiro atoms. The fourth-order valence-corrected chi connectivity index (χ4v) is 3.58. The summed E-state index contributed by atoms with van der Waals surface area (Å²) >= 11 is 0. The minimum atomic E-state index is -1.14. The third kappa shape index (κ3) is 15.1. The SMILES string of the molecule is C[C@H](Nc1nc(NCCCCCNC(=O)CCCNc2nc(N[C@@H](C)C(=O)O)nc(N[C@@H](C)C(=O)O)n2)nc(N[C@@H](C)C(=O)O)n1)C(=O)O. The van der Waals surface area contributed by atoms with Gasteiger partial charge in [-0.05, 0) is 53.4 Å². The second-order valence-electron chi connectivity index (χ2n) is 10.8. The van der Waals surface area contributed by atoms with Gasteiger partial charge in [-0.2, -0.15) is 29.9 Å². The van der Waals surface area contributed by atoms with Crippen molar-refractivity contribution in [3.63, 3.8) is 0 Å². The Bertz CT molecular complexity index is 1370. The molecule has 0 fully saturated rings. The zero-order chi connectivity index (χ0) is 36.5. The van der Waals surface area contributed by atoms with E-state index in [1.54, 1.807) is 0 Å². The van der Waals surface area contributed by atoms with Crippen LogP contribution in [0.15, 0.2) is 0 Å². The monoisotopic (exact) mass is 693 g/mol. The first kappa shape index (κ1) is 39.3. The smallest absolute Gasteiger partial charge is 0.325 e. The van der Waals surface area contributed by atoms with Gasteiger partial charge in [0.1, 0.15) is 24.2 Å². The van der Waals surface area contributed by atoms with Gasteiger partial charge in [-0.1, -0.05) is 0 Å². The maximum absolute atomic E-state index is 12.3. The molecule has 0 aliphatic rings. The van der Waals surface area contributed by atoms with E-state index in [-0.39, 0.29) is 48.0 Å². The number of carboxylic acids is 4. The molecular weight excluding hydrogens is 650 g/mol. The molecule has 22 nitrogen and oxygen atoms in total. The van der Waals surface area contributed by atoms with E-state index in [1.165, 1.54) is 27.7 Å². The highest BCUT2D eigenvalue weighted by atomic mass is 16.4. The highest BCUT2D eigenvalue weighted by molar-refractivity contribution is 5.78. The van der Waals surface area contributed by atoms with Crippen molar-refractivity contribution >= 4 is 65.5 Å². The van der Waals surface area contributed by atoms with Crippen LogP contribution in [-0.4, -0.2) is 124 Å². The number of nitrogens with zero attached hydrogens (tertiary/aromatic N) is 6. The fraction of sp³-hybridized carbons (Fsp3) is 0.593. The summed E-state index contributed by atoms with van der Waals surface area (Å²) in [5.41, 5.74) is 0. The average molecular weight is 694 g/mol. The van der Waals surface area contributed by atoms with Crippen molar-refractivity contribution in [2.45, 2.75) is 84.0 Å². The van der Waals surface area contributed by atoms with Crippen LogP contribution in [0.25, 0.3) is 0 Å². The quantitative estimate of drug-likeness (QED) is 0.0653. The number of aliphatic carboxylic acids is 4. The molecule has 11 N–H and O–H groups in total. The molecule has 0 aliphatic heterocycles. The van der Waals surface area contributed by atoms with Crippen molar-refractivity contribution in [1.82, 2.24) is 35.2 Å². The van der Waals surface area contributed by atoms with Crippen molar-refractivity contribution in [3.8, 4) is 0 Å². The Labute approximate surface area is 280 Å². The van der Waals surface area contributed by atoms with Crippen LogP contribution < -0.4 is 37.2 Å². The van der Waals surface area contributed by atoms with Crippen molar-refractivity contribution in [2.75, 3.05) is 51.5 Å². The Kier molecular flexibility index (Phi) is 15.9. The molecule has 0 bridgehead atoms. The van der Waals surface area contributed by atoms with Gasteiger partial charge in [-0.15, -0.1) is 0 Å². The largest absolute Gasteiger partial charge is 0.480 e. The van der Waals surface area contributed by atoms with Gasteiger partial charge in [0.15, 0.2) is 0 Å². The lowest BCUT2D eigenvalue weighted by atomic mass is 10.2. The minimum Gasteiger partial charge on any atom is -0.480 e. The number of carboxylic acid groups (broad SMARTS) is 4. The molecular formula is C27H43N13O9. The number of rotatable bonds is 24. The van der Waals surface area contributed by atoms with Crippen molar-refractivity contribution in [2.24, 2.45) is 0 Å². The maximum Gasteiger partial charge on any atom is 0.325 e. The Balaban J connectivity index is 1.75. The summed E-state index contributed by atoms with van der Waals surface area (Å²) in [5, 5.41) is 55.8. The lowest BCUT2D eigenvalue weighted by Gasteiger charge is -2.14. The zero-order valence-electron chi connectivity index (χ0n) is 27.5. The molecule has 0 aromatic carbocycles. The minimum absolute atomic E-state index is 0.0435. The van der Waals surface area contributed by atoms with E-state index in [0.717, 1.165) is 6.42 Å². The van der Waals surface area contributed by atoms with Gasteiger partial charge in [0.2, 0.25) is 41.6 Å². The van der Waals surface area contributed by atoms with Crippen LogP contribution in [-0.2, 0) is 24.0 Å². The van der Waals surface area contributed by atoms with Gasteiger partial charge in [0.05, 0.1) is 0 Å². The number of amides is 1. The second-order valence-corrected chi connectivity index (χ2v) is 10.8. The molecule has 1 amide bonds. The summed E-state index contributed by atoms with van der Waals surface area (Å²) in [6.45, 7) is 6.77. The van der Waals surface area contributed by atoms with Crippen LogP contribution in [0, 0.1) is 0 Å². The van der Waals surface area contributed by atoms with E-state index in [1.807, 2.05) is 0 Å². The summed E-state index contributed by atoms with van der Waals surface area (Å²) < 4.78 is 0. The predicted octanol–water partition coefficient (Wildman–Crippen LogP) is 0.187. The lowest BCUT2D eigenvalue weighted by molar-refractivity contribution is -0.138. The Morgan fingerprint density at radius 1 is 0.469 bits per heavy atom. The van der Waals surface area contributed by atoms with E-state index in [4.69, 9.17) is 20.4 Å². The molecule has 0 saturated heterocycles. The van der Waals surface area contributed by atoms with Gasteiger partial charge in [0.25, 0.3) is 0 Å². The second kappa shape index (κ2) is 19.7. The number of unbranched alkanes of at least 4 members (excludes halogenated alkanes) is 2. The fourth-order valence-electron chi connectivity index (χ4n) is 3.58. The van der Waals surface area contributed by atoms with Crippen LogP contribution in [0.2, 0.25) is 0 Å². The third-order valence-electron chi connectivity index (χ3n) is 6.46. The first-order chi connectivity index (χ1) is 23.1. The number of aromatic nitrogens is 6. The summed E-state index contributed by atoms with van der Waals surface area (Å²) in [6.07, 6.45) is 2.74. The number of hydrogen-bond acceptors (Lipinski definition) is 17. The molecule has 49 heavy (non-hydrogen) atoms. The van der Waals surface area contributed by atoms with Crippen LogP contribution in [0.3, 0.4) is 0 Å². The number of anilines is 6. The Morgan fingerprint density at radius 2 is 0.776 bits per heavy atom. The van der Waals surface area contributed by atoms with Gasteiger partial charge in [0, 0.05) is 26.1 Å². The van der Waals surface area contributed by atoms with Gasteiger partial charge < -0.3 is 57.6 Å². The van der Waals surface area contributed by atoms with Gasteiger partial charge in [-0.3, -0.25) is 24.0 Å². The van der Waals surface area contributed by atoms with Crippen LogP contribution in [0.1, 0.15) is 59.8 Å². The molecule has 2 heterocycles. The molecule has 2 aromatic heterocycles. The zero-order valence-corrected chi connectivity index (χ0v) is 27.5. The molecule has 0 aliphatic carbocycles. The highest BCUT2D eigenvalue weighted by Crippen LogP contribution is 2.13. The van der Waals surface area contributed by atoms with E-state index in [2.05, 4.69) is 67.1 Å². The normalized spacial score (nSPS) is 13.1. The molecule has 2 aromatic rings. The van der Waals surface area contributed by atoms with Crippen LogP contribution in [0.5, 0.6) is 0 Å². The van der Waals surface area contributed by atoms with Crippen molar-refractivity contribution < 1.29 is 44.4 Å².